The largest absolute Gasteiger partial charge is 0.378 e. The van der Waals surface area contributed by atoms with Gasteiger partial charge in [-0.05, 0) is 169 Å². The first-order valence-corrected chi connectivity index (χ1v) is 25.8. The molecule has 0 radical (unpaired) electrons. The van der Waals surface area contributed by atoms with Gasteiger partial charge in [0, 0.05) is 13.2 Å². The summed E-state index contributed by atoms with van der Waals surface area (Å²) in [6.07, 6.45) is 52.6. The fourth-order valence-electron chi connectivity index (χ4n) is 13.2. The monoisotopic (exact) mass is 790 g/mol. The van der Waals surface area contributed by atoms with Crippen molar-refractivity contribution in [1.29, 1.82) is 0 Å². The van der Waals surface area contributed by atoms with E-state index in [1.165, 1.54) is 186 Å². The molecule has 2 nitrogen and oxygen atoms in total. The number of hydrogen-bond donors (Lipinski definition) is 0. The second kappa shape index (κ2) is 26.5. The second-order valence-corrected chi connectivity index (χ2v) is 21.7. The standard InChI is InChI=1S/C55H99NO/c1-9-10-11-12-13-14-15-16-17-18-19-20-21-22-23-24-25-26-32-47(44-56(7)8)33-27-28-42-57-49-38-40-54(5)48(43-49)34-35-50-52-37-36-51(46(4)31-29-30-45(2)3)55(52,6)41-39-53(50)54/h13-14,16-17,34,45-47,49-53H,9-12,15,18-33,35-44H2,1-8H3/b14-13-,17-16-/t46?,47?,49-,50?,51?,52?,53?,54-,55+/m0/s1. The lowest BCUT2D eigenvalue weighted by atomic mass is 9.47. The zero-order valence-electron chi connectivity index (χ0n) is 39.8. The third kappa shape index (κ3) is 15.8. The van der Waals surface area contributed by atoms with E-state index in [1.807, 2.05) is 0 Å². The molecule has 0 aliphatic heterocycles. The van der Waals surface area contributed by atoms with Crippen LogP contribution in [0, 0.1) is 52.3 Å². The molecule has 330 valence electrons. The van der Waals surface area contributed by atoms with Crippen LogP contribution in [-0.2, 0) is 4.74 Å². The van der Waals surface area contributed by atoms with Crippen LogP contribution in [0.5, 0.6) is 0 Å². The van der Waals surface area contributed by atoms with Gasteiger partial charge in [-0.25, -0.2) is 0 Å². The van der Waals surface area contributed by atoms with Crippen LogP contribution in [0.4, 0.5) is 0 Å². The Morgan fingerprint density at radius 2 is 1.37 bits per heavy atom. The molecule has 0 aromatic rings. The number of fused-ring (bicyclic) bond motifs is 5. The van der Waals surface area contributed by atoms with Crippen molar-refractivity contribution >= 4 is 0 Å². The molecule has 0 heterocycles. The van der Waals surface area contributed by atoms with E-state index in [0.29, 0.717) is 16.9 Å². The van der Waals surface area contributed by atoms with Gasteiger partial charge in [0.05, 0.1) is 6.10 Å². The summed E-state index contributed by atoms with van der Waals surface area (Å²) in [5, 5.41) is 0. The van der Waals surface area contributed by atoms with Crippen LogP contribution in [0.1, 0.15) is 228 Å². The quantitative estimate of drug-likeness (QED) is 0.0531. The molecule has 0 amide bonds. The Labute approximate surface area is 357 Å². The molecule has 2 heteroatoms. The highest BCUT2D eigenvalue weighted by Crippen LogP contribution is 2.67. The summed E-state index contributed by atoms with van der Waals surface area (Å²) >= 11 is 0. The van der Waals surface area contributed by atoms with Crippen molar-refractivity contribution < 1.29 is 4.74 Å². The highest BCUT2D eigenvalue weighted by molar-refractivity contribution is 5.25. The van der Waals surface area contributed by atoms with Crippen molar-refractivity contribution in [2.24, 2.45) is 52.3 Å². The van der Waals surface area contributed by atoms with Gasteiger partial charge in [0.25, 0.3) is 0 Å². The lowest BCUT2D eigenvalue weighted by molar-refractivity contribution is -0.0641. The molecule has 4 rings (SSSR count). The molecule has 0 bridgehead atoms. The summed E-state index contributed by atoms with van der Waals surface area (Å²) in [6, 6.07) is 0. The lowest BCUT2D eigenvalue weighted by Gasteiger charge is -2.58. The van der Waals surface area contributed by atoms with E-state index in [4.69, 9.17) is 4.74 Å². The van der Waals surface area contributed by atoms with Crippen molar-refractivity contribution in [3.63, 3.8) is 0 Å². The van der Waals surface area contributed by atoms with Crippen molar-refractivity contribution in [2.75, 3.05) is 27.2 Å². The van der Waals surface area contributed by atoms with Gasteiger partial charge in [0.1, 0.15) is 0 Å². The number of allylic oxidation sites excluding steroid dienone is 5. The van der Waals surface area contributed by atoms with Crippen LogP contribution < -0.4 is 0 Å². The molecule has 0 aromatic heterocycles. The predicted octanol–water partition coefficient (Wildman–Crippen LogP) is 16.7. The molecule has 0 aromatic carbocycles. The first-order valence-electron chi connectivity index (χ1n) is 25.8. The third-order valence-corrected chi connectivity index (χ3v) is 16.6. The molecule has 3 saturated carbocycles. The number of hydrogen-bond acceptors (Lipinski definition) is 2. The smallest absolute Gasteiger partial charge is 0.0612 e. The molecule has 4 aliphatic rings. The highest BCUT2D eigenvalue weighted by Gasteiger charge is 2.59. The first kappa shape index (κ1) is 48.8. The van der Waals surface area contributed by atoms with Crippen LogP contribution in [0.15, 0.2) is 36.0 Å². The molecule has 0 spiro atoms. The summed E-state index contributed by atoms with van der Waals surface area (Å²) in [5.41, 5.74) is 2.83. The Hall–Kier alpha value is -0.860. The third-order valence-electron chi connectivity index (χ3n) is 16.6. The minimum Gasteiger partial charge on any atom is -0.378 e. The predicted molar refractivity (Wildman–Crippen MR) is 252 cm³/mol. The Bertz CT molecular complexity index is 1150. The second-order valence-electron chi connectivity index (χ2n) is 21.7. The maximum Gasteiger partial charge on any atom is 0.0612 e. The molecule has 3 fully saturated rings. The summed E-state index contributed by atoms with van der Waals surface area (Å²) < 4.78 is 6.69. The minimum atomic E-state index is 0.437. The molecule has 0 N–H and O–H groups in total. The summed E-state index contributed by atoms with van der Waals surface area (Å²) in [4.78, 5) is 2.43. The molecule has 0 saturated heterocycles. The Kier molecular flexibility index (Phi) is 22.7. The Morgan fingerprint density at radius 3 is 2.05 bits per heavy atom. The van der Waals surface area contributed by atoms with Gasteiger partial charge in [-0.2, -0.15) is 0 Å². The molecule has 57 heavy (non-hydrogen) atoms. The number of unbranched alkanes of at least 4 members (excludes halogenated alkanes) is 12. The van der Waals surface area contributed by atoms with Crippen molar-refractivity contribution in [3.8, 4) is 0 Å². The van der Waals surface area contributed by atoms with Crippen LogP contribution in [-0.4, -0.2) is 38.3 Å². The van der Waals surface area contributed by atoms with E-state index in [0.717, 1.165) is 54.5 Å². The van der Waals surface area contributed by atoms with Crippen molar-refractivity contribution in [1.82, 2.24) is 4.90 Å². The van der Waals surface area contributed by atoms with Gasteiger partial charge in [-0.3, -0.25) is 0 Å². The van der Waals surface area contributed by atoms with Crippen LogP contribution in [0.2, 0.25) is 0 Å². The van der Waals surface area contributed by atoms with E-state index < -0.39 is 0 Å². The zero-order chi connectivity index (χ0) is 40.9. The molecular weight excluding hydrogens is 691 g/mol. The Balaban J connectivity index is 1.05. The number of nitrogens with zero attached hydrogens (tertiary/aromatic N) is 1. The average Bonchev–Trinajstić information content (AvgIpc) is 3.54. The van der Waals surface area contributed by atoms with E-state index in [9.17, 15) is 0 Å². The van der Waals surface area contributed by atoms with E-state index in [1.54, 1.807) is 5.57 Å². The van der Waals surface area contributed by atoms with Gasteiger partial charge in [0.15, 0.2) is 0 Å². The fraction of sp³-hybridized carbons (Fsp3) is 0.891. The highest BCUT2D eigenvalue weighted by atomic mass is 16.5. The minimum absolute atomic E-state index is 0.437. The van der Waals surface area contributed by atoms with Crippen LogP contribution in [0.25, 0.3) is 0 Å². The van der Waals surface area contributed by atoms with Crippen LogP contribution in [0.3, 0.4) is 0 Å². The van der Waals surface area contributed by atoms with Crippen molar-refractivity contribution in [2.45, 2.75) is 234 Å². The van der Waals surface area contributed by atoms with Gasteiger partial charge in [0.2, 0.25) is 0 Å². The summed E-state index contributed by atoms with van der Waals surface area (Å²) in [7, 11) is 4.54. The maximum atomic E-state index is 6.69. The normalized spacial score (nSPS) is 29.9. The fourth-order valence-corrected chi connectivity index (χ4v) is 13.2. The van der Waals surface area contributed by atoms with E-state index in [-0.39, 0.29) is 0 Å². The maximum absolute atomic E-state index is 6.69. The van der Waals surface area contributed by atoms with Crippen molar-refractivity contribution in [3.05, 3.63) is 36.0 Å². The van der Waals surface area contributed by atoms with Gasteiger partial charge >= 0.3 is 0 Å². The summed E-state index contributed by atoms with van der Waals surface area (Å²) in [6.45, 7) is 17.4. The SMILES string of the molecule is CCCCC/C=C\C/C=C\CCCCCCCCCCC(CCCCO[C@H]1CC[C@@]2(C)C(=CCC3C4CCC(C(C)CCCC(C)C)[C@@]4(C)CCC32)C1)CN(C)C. The Morgan fingerprint density at radius 1 is 0.702 bits per heavy atom. The molecular formula is C55H99NO. The van der Waals surface area contributed by atoms with Gasteiger partial charge in [-0.1, -0.05) is 161 Å². The molecule has 6 unspecified atom stereocenters. The van der Waals surface area contributed by atoms with E-state index in [2.05, 4.69) is 90.9 Å². The average molecular weight is 790 g/mol. The summed E-state index contributed by atoms with van der Waals surface area (Å²) in [5.74, 6) is 6.38. The molecule has 4 aliphatic carbocycles. The zero-order valence-corrected chi connectivity index (χ0v) is 39.8. The number of rotatable bonds is 30. The topological polar surface area (TPSA) is 12.5 Å². The van der Waals surface area contributed by atoms with E-state index >= 15 is 0 Å². The lowest BCUT2D eigenvalue weighted by Crippen LogP contribution is -2.51. The van der Waals surface area contributed by atoms with Gasteiger partial charge in [-0.15, -0.1) is 0 Å². The van der Waals surface area contributed by atoms with Gasteiger partial charge < -0.3 is 9.64 Å². The number of ether oxygens (including phenoxy) is 1. The first-order chi connectivity index (χ1) is 27.6. The molecule has 9 atom stereocenters. The van der Waals surface area contributed by atoms with Crippen LogP contribution >= 0.6 is 0 Å².